The molecule has 2 aliphatic rings. The number of halogens is 4. The second-order valence-electron chi connectivity index (χ2n) is 7.82. The van der Waals surface area contributed by atoms with Crippen LogP contribution in [0.15, 0.2) is 29.2 Å². The van der Waals surface area contributed by atoms with Gasteiger partial charge in [-0.15, -0.1) is 4.31 Å². The van der Waals surface area contributed by atoms with E-state index in [0.29, 0.717) is 30.8 Å². The van der Waals surface area contributed by atoms with Crippen molar-refractivity contribution in [1.82, 2.24) is 9.21 Å². The summed E-state index contributed by atoms with van der Waals surface area (Å²) < 4.78 is 76.6. The second-order valence-corrected chi connectivity index (χ2v) is 9.36. The molecule has 0 amide bonds. The van der Waals surface area contributed by atoms with Crippen LogP contribution >= 0.6 is 0 Å². The smallest absolute Gasteiger partial charge is 0.417 e. The summed E-state index contributed by atoms with van der Waals surface area (Å²) in [6, 6.07) is 5.39. The molecule has 0 saturated carbocycles. The van der Waals surface area contributed by atoms with Gasteiger partial charge >= 0.3 is 6.18 Å². The van der Waals surface area contributed by atoms with Gasteiger partial charge in [0, 0.05) is 26.2 Å². The average molecular weight is 470 g/mol. The monoisotopic (exact) mass is 470 g/mol. The molecule has 2 saturated heterocycles. The Bertz CT molecular complexity index is 735. The number of likely N-dealkylation sites (tertiary alicyclic amines) is 1. The van der Waals surface area contributed by atoms with Crippen LogP contribution in [0, 0.1) is 5.82 Å². The third-order valence-electron chi connectivity index (χ3n) is 5.80. The fourth-order valence-corrected chi connectivity index (χ4v) is 5.04. The van der Waals surface area contributed by atoms with E-state index in [9.17, 15) is 27.2 Å². The van der Waals surface area contributed by atoms with Crippen LogP contribution in [0.3, 0.4) is 0 Å². The van der Waals surface area contributed by atoms with E-state index in [2.05, 4.69) is 4.74 Å². The Labute approximate surface area is 180 Å². The molecule has 0 radical (unpaired) electrons. The van der Waals surface area contributed by atoms with Gasteiger partial charge in [-0.1, -0.05) is 6.07 Å². The number of hydrogen-bond acceptors (Lipinski definition) is 7. The van der Waals surface area contributed by atoms with E-state index < -0.39 is 48.1 Å². The zero-order valence-electron chi connectivity index (χ0n) is 16.9. The molecule has 2 N–H and O–H groups in total. The minimum atomic E-state index is -4.78. The lowest BCUT2D eigenvalue weighted by Crippen LogP contribution is -2.51. The van der Waals surface area contributed by atoms with Crippen LogP contribution in [0.1, 0.15) is 19.3 Å². The highest BCUT2D eigenvalue weighted by Crippen LogP contribution is 2.39. The van der Waals surface area contributed by atoms with Crippen molar-refractivity contribution in [2.24, 2.45) is 0 Å². The molecule has 3 unspecified atom stereocenters. The van der Waals surface area contributed by atoms with Gasteiger partial charge in [-0.25, -0.2) is 4.39 Å². The van der Waals surface area contributed by atoms with E-state index in [1.807, 2.05) is 0 Å². The molecule has 0 aromatic heterocycles. The molecule has 31 heavy (non-hydrogen) atoms. The van der Waals surface area contributed by atoms with Crippen molar-refractivity contribution in [1.29, 1.82) is 0 Å². The van der Waals surface area contributed by atoms with Crippen LogP contribution in [0.5, 0.6) is 0 Å². The number of aliphatic hydroxyl groups is 2. The maximum atomic E-state index is 13.4. The predicted octanol–water partition coefficient (Wildman–Crippen LogP) is 1.62. The van der Waals surface area contributed by atoms with Gasteiger partial charge in [-0.2, -0.15) is 13.2 Å². The minimum absolute atomic E-state index is 0.180. The van der Waals surface area contributed by atoms with Crippen molar-refractivity contribution < 1.29 is 41.8 Å². The van der Waals surface area contributed by atoms with Gasteiger partial charge in [0.2, 0.25) is 6.41 Å². The molecule has 12 heteroatoms. The Hall–Kier alpha value is -0.990. The summed E-state index contributed by atoms with van der Waals surface area (Å²) in [5, 5.41) is 18.9. The number of ether oxygens (including phenoxy) is 2. The molecular formula is C19H26F4N2O5S. The molecule has 7 nitrogen and oxygen atoms in total. The lowest BCUT2D eigenvalue weighted by Gasteiger charge is -2.40. The van der Waals surface area contributed by atoms with Gasteiger partial charge in [0.05, 0.1) is 36.2 Å². The van der Waals surface area contributed by atoms with Crippen molar-refractivity contribution in [2.75, 3.05) is 33.4 Å². The molecule has 0 bridgehead atoms. The molecule has 3 rings (SSSR count). The predicted molar refractivity (Wildman–Crippen MR) is 102 cm³/mol. The highest BCUT2D eigenvalue weighted by molar-refractivity contribution is 7.89. The zero-order valence-corrected chi connectivity index (χ0v) is 17.7. The summed E-state index contributed by atoms with van der Waals surface area (Å²) >= 11 is -1.57. The molecule has 1 aromatic rings. The van der Waals surface area contributed by atoms with E-state index in [-0.39, 0.29) is 19.1 Å². The number of benzene rings is 1. The Morgan fingerprint density at radius 3 is 2.65 bits per heavy atom. The molecule has 2 fully saturated rings. The van der Waals surface area contributed by atoms with Gasteiger partial charge in [0.1, 0.15) is 5.82 Å². The molecule has 2 heterocycles. The molecule has 1 spiro atoms. The summed E-state index contributed by atoms with van der Waals surface area (Å²) in [4.78, 5) is 1.70. The number of rotatable bonds is 7. The summed E-state index contributed by atoms with van der Waals surface area (Å²) in [6.07, 6.45) is -7.60. The first-order valence-corrected chi connectivity index (χ1v) is 10.9. The van der Waals surface area contributed by atoms with E-state index >= 15 is 0 Å². The quantitative estimate of drug-likeness (QED) is 0.356. The third kappa shape index (κ3) is 5.88. The first-order chi connectivity index (χ1) is 14.5. The molecule has 0 aliphatic carbocycles. The Morgan fingerprint density at radius 2 is 2.06 bits per heavy atom. The highest BCUT2D eigenvalue weighted by atomic mass is 32.2. The first kappa shape index (κ1) is 24.6. The molecular weight excluding hydrogens is 444 g/mol. The van der Waals surface area contributed by atoms with Gasteiger partial charge in [0.15, 0.2) is 11.0 Å². The number of likely N-dealkylation sites (N-methyl/N-ethyl adjacent to an activating group) is 1. The minimum Gasteiger partial charge on any atom is -0.593 e. The fourth-order valence-electron chi connectivity index (χ4n) is 3.89. The number of alkyl halides is 3. The SMILES string of the molecule is CN(C1COC2(CCN(C(O)O[C@H](CO)C(F)(F)F)CC2)C1)[S+]([O-])c1cccc(F)c1. The molecule has 176 valence electrons. The summed E-state index contributed by atoms with van der Waals surface area (Å²) in [5.74, 6) is -0.472. The number of piperidine rings is 1. The number of nitrogens with zero attached hydrogens (tertiary/aromatic N) is 2. The van der Waals surface area contributed by atoms with Gasteiger partial charge in [-0.05, 0) is 31.4 Å². The van der Waals surface area contributed by atoms with E-state index in [4.69, 9.17) is 9.84 Å². The van der Waals surface area contributed by atoms with E-state index in [1.54, 1.807) is 17.4 Å². The largest absolute Gasteiger partial charge is 0.593 e. The van der Waals surface area contributed by atoms with Gasteiger partial charge < -0.3 is 24.2 Å². The van der Waals surface area contributed by atoms with Crippen LogP contribution in [0.4, 0.5) is 17.6 Å². The van der Waals surface area contributed by atoms with Crippen molar-refractivity contribution in [2.45, 2.75) is 54.5 Å². The lowest BCUT2D eigenvalue weighted by molar-refractivity contribution is -0.304. The maximum Gasteiger partial charge on any atom is 0.417 e. The summed E-state index contributed by atoms with van der Waals surface area (Å²) in [5.41, 5.74) is -0.540. The first-order valence-electron chi connectivity index (χ1n) is 9.84. The lowest BCUT2D eigenvalue weighted by atomic mass is 9.87. The van der Waals surface area contributed by atoms with Crippen molar-refractivity contribution in [3.8, 4) is 0 Å². The number of aliphatic hydroxyl groups excluding tert-OH is 2. The normalized spacial score (nSPS) is 25.1. The van der Waals surface area contributed by atoms with Crippen molar-refractivity contribution in [3.63, 3.8) is 0 Å². The number of hydrogen-bond donors (Lipinski definition) is 2. The average Bonchev–Trinajstić information content (AvgIpc) is 3.13. The van der Waals surface area contributed by atoms with E-state index in [1.165, 1.54) is 23.1 Å². The maximum absolute atomic E-state index is 13.4. The van der Waals surface area contributed by atoms with Crippen molar-refractivity contribution >= 4 is 11.4 Å². The summed E-state index contributed by atoms with van der Waals surface area (Å²) in [6.45, 7) is -0.490. The Kier molecular flexibility index (Phi) is 7.85. The topological polar surface area (TPSA) is 88.5 Å². The summed E-state index contributed by atoms with van der Waals surface area (Å²) in [7, 11) is 1.67. The molecule has 1 aromatic carbocycles. The molecule has 2 aliphatic heterocycles. The van der Waals surface area contributed by atoms with Crippen LogP contribution in [0.25, 0.3) is 0 Å². The third-order valence-corrected chi connectivity index (χ3v) is 7.28. The van der Waals surface area contributed by atoms with Gasteiger partial charge in [-0.3, -0.25) is 4.90 Å². The fraction of sp³-hybridized carbons (Fsp3) is 0.684. The Morgan fingerprint density at radius 1 is 1.39 bits per heavy atom. The van der Waals surface area contributed by atoms with Crippen molar-refractivity contribution in [3.05, 3.63) is 30.1 Å². The Balaban J connectivity index is 1.53. The van der Waals surface area contributed by atoms with Crippen LogP contribution in [-0.4, -0.2) is 87.7 Å². The van der Waals surface area contributed by atoms with Crippen LogP contribution in [0.2, 0.25) is 0 Å². The highest BCUT2D eigenvalue weighted by Gasteiger charge is 2.48. The molecule has 4 atom stereocenters. The van der Waals surface area contributed by atoms with Crippen LogP contribution < -0.4 is 0 Å². The zero-order chi connectivity index (χ0) is 22.8. The van der Waals surface area contributed by atoms with Gasteiger partial charge in [0.25, 0.3) is 0 Å². The second kappa shape index (κ2) is 9.87. The van der Waals surface area contributed by atoms with E-state index in [0.717, 1.165) is 0 Å². The standard InChI is InChI=1S/C19H26F4N2O5S/c1-24(31(28)15-4-2-3-13(20)9-15)14-10-18(29-12-14)5-7-25(8-6-18)17(27)30-16(11-26)19(21,22)23/h2-4,9,14,16-17,26-27H,5-8,10-12H2,1H3/t14?,16-,17?,31?/m1/s1. The van der Waals surface area contributed by atoms with Crippen LogP contribution in [-0.2, 0) is 20.8 Å².